The van der Waals surface area contributed by atoms with Gasteiger partial charge in [0.15, 0.2) is 0 Å². The summed E-state index contributed by atoms with van der Waals surface area (Å²) in [4.78, 5) is 6.67. The number of pyridine rings is 1. The summed E-state index contributed by atoms with van der Waals surface area (Å²) in [5, 5.41) is 18.8. The molecule has 0 bridgehead atoms. The SMILES string of the molecule is Cc1cc(CO)cc(N2CCC(C(C)O)C2)n1. The summed E-state index contributed by atoms with van der Waals surface area (Å²) < 4.78 is 0. The number of aliphatic hydroxyl groups is 2. The van der Waals surface area contributed by atoms with Gasteiger partial charge in [-0.3, -0.25) is 0 Å². The van der Waals surface area contributed by atoms with Gasteiger partial charge in [0.2, 0.25) is 0 Å². The highest BCUT2D eigenvalue weighted by molar-refractivity contribution is 5.43. The van der Waals surface area contributed by atoms with Gasteiger partial charge in [-0.15, -0.1) is 0 Å². The third-order valence-electron chi connectivity index (χ3n) is 3.41. The van der Waals surface area contributed by atoms with Crippen LogP contribution < -0.4 is 4.90 Å². The average molecular weight is 236 g/mol. The van der Waals surface area contributed by atoms with Crippen LogP contribution in [0.1, 0.15) is 24.6 Å². The third-order valence-corrected chi connectivity index (χ3v) is 3.41. The van der Waals surface area contributed by atoms with Gasteiger partial charge in [-0.05, 0) is 38.0 Å². The van der Waals surface area contributed by atoms with Crippen LogP contribution in [0.5, 0.6) is 0 Å². The van der Waals surface area contributed by atoms with Crippen molar-refractivity contribution in [1.29, 1.82) is 0 Å². The summed E-state index contributed by atoms with van der Waals surface area (Å²) in [5.74, 6) is 1.24. The van der Waals surface area contributed by atoms with Crippen LogP contribution in [0.3, 0.4) is 0 Å². The molecule has 2 N–H and O–H groups in total. The molecule has 2 atom stereocenters. The maximum absolute atomic E-state index is 9.59. The molecule has 1 aliphatic heterocycles. The van der Waals surface area contributed by atoms with Gasteiger partial charge in [0.25, 0.3) is 0 Å². The van der Waals surface area contributed by atoms with Crippen LogP contribution in [0, 0.1) is 12.8 Å². The van der Waals surface area contributed by atoms with Crippen LogP contribution in [0.15, 0.2) is 12.1 Å². The molecule has 1 saturated heterocycles. The fourth-order valence-electron chi connectivity index (χ4n) is 2.36. The predicted octanol–water partition coefficient (Wildman–Crippen LogP) is 1.09. The Morgan fingerprint density at radius 3 is 2.88 bits per heavy atom. The molecule has 0 aliphatic carbocycles. The fraction of sp³-hybridized carbons (Fsp3) is 0.615. The van der Waals surface area contributed by atoms with Crippen molar-refractivity contribution in [3.8, 4) is 0 Å². The largest absolute Gasteiger partial charge is 0.393 e. The number of aliphatic hydroxyl groups excluding tert-OH is 2. The monoisotopic (exact) mass is 236 g/mol. The molecule has 0 amide bonds. The van der Waals surface area contributed by atoms with Crippen molar-refractivity contribution in [2.24, 2.45) is 5.92 Å². The molecule has 2 heterocycles. The van der Waals surface area contributed by atoms with Gasteiger partial charge in [-0.1, -0.05) is 0 Å². The van der Waals surface area contributed by atoms with E-state index in [0.717, 1.165) is 36.6 Å². The molecule has 17 heavy (non-hydrogen) atoms. The molecular weight excluding hydrogens is 216 g/mol. The van der Waals surface area contributed by atoms with Crippen molar-refractivity contribution in [3.63, 3.8) is 0 Å². The van der Waals surface area contributed by atoms with Crippen LogP contribution in [-0.2, 0) is 6.61 Å². The van der Waals surface area contributed by atoms with E-state index in [1.54, 1.807) is 0 Å². The normalized spacial score (nSPS) is 21.9. The lowest BCUT2D eigenvalue weighted by Gasteiger charge is -2.19. The number of hydrogen-bond acceptors (Lipinski definition) is 4. The van der Waals surface area contributed by atoms with E-state index in [0.29, 0.717) is 5.92 Å². The minimum Gasteiger partial charge on any atom is -0.393 e. The first-order valence-corrected chi connectivity index (χ1v) is 6.11. The highest BCUT2D eigenvalue weighted by atomic mass is 16.3. The van der Waals surface area contributed by atoms with Crippen LogP contribution in [-0.4, -0.2) is 34.4 Å². The molecule has 1 fully saturated rings. The molecule has 2 unspecified atom stereocenters. The molecule has 4 heteroatoms. The highest BCUT2D eigenvalue weighted by Crippen LogP contribution is 2.25. The summed E-state index contributed by atoms with van der Waals surface area (Å²) in [7, 11) is 0. The summed E-state index contributed by atoms with van der Waals surface area (Å²) in [6, 6.07) is 3.82. The standard InChI is InChI=1S/C13H20N2O2/c1-9-5-11(8-16)6-13(14-9)15-4-3-12(7-15)10(2)17/h5-6,10,12,16-17H,3-4,7-8H2,1-2H3. The Kier molecular flexibility index (Phi) is 3.64. The van der Waals surface area contributed by atoms with Crippen molar-refractivity contribution in [2.75, 3.05) is 18.0 Å². The van der Waals surface area contributed by atoms with E-state index in [4.69, 9.17) is 0 Å². The minimum atomic E-state index is -0.262. The molecule has 0 spiro atoms. The molecule has 1 aromatic rings. The van der Waals surface area contributed by atoms with E-state index < -0.39 is 0 Å². The van der Waals surface area contributed by atoms with E-state index in [1.165, 1.54) is 0 Å². The number of rotatable bonds is 3. The first-order valence-electron chi connectivity index (χ1n) is 6.11. The number of anilines is 1. The van der Waals surface area contributed by atoms with Gasteiger partial charge in [0.1, 0.15) is 5.82 Å². The predicted molar refractivity (Wildman–Crippen MR) is 66.9 cm³/mol. The molecule has 0 aromatic carbocycles. The lowest BCUT2D eigenvalue weighted by molar-refractivity contribution is 0.136. The van der Waals surface area contributed by atoms with E-state index in [2.05, 4.69) is 9.88 Å². The Balaban J connectivity index is 2.15. The zero-order valence-corrected chi connectivity index (χ0v) is 10.4. The van der Waals surface area contributed by atoms with E-state index in [1.807, 2.05) is 26.0 Å². The fourth-order valence-corrected chi connectivity index (χ4v) is 2.36. The summed E-state index contributed by atoms with van der Waals surface area (Å²) >= 11 is 0. The molecular formula is C13H20N2O2. The quantitative estimate of drug-likeness (QED) is 0.825. The average Bonchev–Trinajstić information content (AvgIpc) is 2.77. The van der Waals surface area contributed by atoms with Gasteiger partial charge in [-0.2, -0.15) is 0 Å². The first kappa shape index (κ1) is 12.3. The Hall–Kier alpha value is -1.13. The molecule has 0 radical (unpaired) electrons. The minimum absolute atomic E-state index is 0.0457. The Morgan fingerprint density at radius 2 is 2.29 bits per heavy atom. The second kappa shape index (κ2) is 5.02. The molecule has 94 valence electrons. The van der Waals surface area contributed by atoms with Crippen LogP contribution >= 0.6 is 0 Å². The van der Waals surface area contributed by atoms with Gasteiger partial charge in [0.05, 0.1) is 12.7 Å². The topological polar surface area (TPSA) is 56.6 Å². The van der Waals surface area contributed by atoms with Crippen molar-refractivity contribution in [2.45, 2.75) is 33.0 Å². The van der Waals surface area contributed by atoms with Gasteiger partial charge in [0, 0.05) is 24.7 Å². The summed E-state index contributed by atoms with van der Waals surface area (Å²) in [6.07, 6.45) is 0.740. The van der Waals surface area contributed by atoms with Crippen LogP contribution in [0.4, 0.5) is 5.82 Å². The highest BCUT2D eigenvalue weighted by Gasteiger charge is 2.26. The first-order chi connectivity index (χ1) is 8.10. The Bertz CT molecular complexity index is 393. The zero-order chi connectivity index (χ0) is 12.4. The number of aromatic nitrogens is 1. The number of nitrogens with zero attached hydrogens (tertiary/aromatic N) is 2. The lowest BCUT2D eigenvalue weighted by atomic mass is 10.0. The molecule has 2 rings (SSSR count). The Morgan fingerprint density at radius 1 is 1.53 bits per heavy atom. The number of hydrogen-bond donors (Lipinski definition) is 2. The summed E-state index contributed by atoms with van der Waals surface area (Å²) in [5.41, 5.74) is 1.82. The van der Waals surface area contributed by atoms with Crippen LogP contribution in [0.25, 0.3) is 0 Å². The zero-order valence-electron chi connectivity index (χ0n) is 10.4. The molecule has 4 nitrogen and oxygen atoms in total. The maximum atomic E-state index is 9.59. The summed E-state index contributed by atoms with van der Waals surface area (Å²) in [6.45, 7) is 5.60. The van der Waals surface area contributed by atoms with E-state index in [9.17, 15) is 10.2 Å². The van der Waals surface area contributed by atoms with Crippen molar-refractivity contribution in [3.05, 3.63) is 23.4 Å². The van der Waals surface area contributed by atoms with E-state index >= 15 is 0 Å². The van der Waals surface area contributed by atoms with Crippen molar-refractivity contribution in [1.82, 2.24) is 4.98 Å². The molecule has 1 aromatic heterocycles. The molecule has 1 aliphatic rings. The second-order valence-electron chi connectivity index (χ2n) is 4.87. The Labute approximate surface area is 102 Å². The second-order valence-corrected chi connectivity index (χ2v) is 4.87. The van der Waals surface area contributed by atoms with Gasteiger partial charge >= 0.3 is 0 Å². The maximum Gasteiger partial charge on any atom is 0.129 e. The van der Waals surface area contributed by atoms with Crippen LogP contribution in [0.2, 0.25) is 0 Å². The van der Waals surface area contributed by atoms with Gasteiger partial charge in [-0.25, -0.2) is 4.98 Å². The number of aryl methyl sites for hydroxylation is 1. The van der Waals surface area contributed by atoms with E-state index in [-0.39, 0.29) is 12.7 Å². The molecule has 0 saturated carbocycles. The van der Waals surface area contributed by atoms with Crippen molar-refractivity contribution >= 4 is 5.82 Å². The van der Waals surface area contributed by atoms with Gasteiger partial charge < -0.3 is 15.1 Å². The smallest absolute Gasteiger partial charge is 0.129 e. The van der Waals surface area contributed by atoms with Crippen molar-refractivity contribution < 1.29 is 10.2 Å². The lowest BCUT2D eigenvalue weighted by Crippen LogP contribution is -2.24. The third kappa shape index (κ3) is 2.76.